The van der Waals surface area contributed by atoms with Crippen LogP contribution in [0.4, 0.5) is 5.69 Å². The fourth-order valence-electron chi connectivity index (χ4n) is 3.56. The maximum atomic E-state index is 12.7. The number of amides is 1. The number of carbonyl (C=O) groups is 2. The monoisotopic (exact) mass is 398 g/mol. The molecule has 1 fully saturated rings. The van der Waals surface area contributed by atoms with E-state index in [0.717, 1.165) is 0 Å². The summed E-state index contributed by atoms with van der Waals surface area (Å²) in [5, 5.41) is 12.2. The number of pyridine rings is 2. The van der Waals surface area contributed by atoms with Crippen LogP contribution >= 0.6 is 11.3 Å². The van der Waals surface area contributed by atoms with Crippen LogP contribution in [0, 0.1) is 0 Å². The van der Waals surface area contributed by atoms with E-state index in [1.807, 2.05) is 16.3 Å². The molecule has 4 rings (SSSR count). The van der Waals surface area contributed by atoms with Gasteiger partial charge < -0.3 is 14.9 Å². The molecule has 0 bridgehead atoms. The Balaban J connectivity index is 1.71. The van der Waals surface area contributed by atoms with Crippen LogP contribution in [0.2, 0.25) is 0 Å². The summed E-state index contributed by atoms with van der Waals surface area (Å²) in [7, 11) is 1.52. The second-order valence-corrected chi connectivity index (χ2v) is 7.47. The first-order valence-electron chi connectivity index (χ1n) is 8.77. The maximum absolute atomic E-state index is 12.7. The van der Waals surface area contributed by atoms with Gasteiger partial charge in [0.15, 0.2) is 0 Å². The molecule has 3 aromatic rings. The second-order valence-electron chi connectivity index (χ2n) is 6.52. The topological polar surface area (TPSA) is 95.7 Å². The fraction of sp³-hybridized carbons (Fsp3) is 0.263. The Morgan fingerprint density at radius 2 is 1.89 bits per heavy atom. The van der Waals surface area contributed by atoms with Crippen molar-refractivity contribution < 1.29 is 14.7 Å². The van der Waals surface area contributed by atoms with E-state index < -0.39 is 11.5 Å². The van der Waals surface area contributed by atoms with Gasteiger partial charge >= 0.3 is 5.97 Å². The van der Waals surface area contributed by atoms with Crippen molar-refractivity contribution >= 4 is 39.9 Å². The molecule has 28 heavy (non-hydrogen) atoms. The van der Waals surface area contributed by atoms with E-state index in [0.29, 0.717) is 47.8 Å². The lowest BCUT2D eigenvalue weighted by Crippen LogP contribution is -2.49. The summed E-state index contributed by atoms with van der Waals surface area (Å²) in [6.45, 7) is 1.78. The standard InChI is InChI=1S/C19H18N4O4S/c1-21-16-12(4-2-6-20-16)15(14(18(21)25)19(26)27)22-7-9-23(10-8-22)17(24)13-5-3-11-28-13/h2-6,11H,7-10H2,1H3,(H,26,27). The SMILES string of the molecule is Cn1c(=O)c(C(=O)O)c(N2CCN(C(=O)c3cccs3)CC2)c2cccnc21. The van der Waals surface area contributed by atoms with Crippen molar-refractivity contribution in [3.63, 3.8) is 0 Å². The van der Waals surface area contributed by atoms with Crippen LogP contribution in [0.1, 0.15) is 20.0 Å². The van der Waals surface area contributed by atoms with Crippen LogP contribution in [-0.4, -0.2) is 57.6 Å². The average molecular weight is 398 g/mol. The number of hydrogen-bond donors (Lipinski definition) is 1. The van der Waals surface area contributed by atoms with Crippen molar-refractivity contribution in [1.29, 1.82) is 0 Å². The zero-order valence-electron chi connectivity index (χ0n) is 15.2. The lowest BCUT2D eigenvalue weighted by Gasteiger charge is -2.37. The number of fused-ring (bicyclic) bond motifs is 1. The lowest BCUT2D eigenvalue weighted by atomic mass is 10.1. The van der Waals surface area contributed by atoms with Crippen LogP contribution in [0.25, 0.3) is 11.0 Å². The molecule has 4 heterocycles. The Morgan fingerprint density at radius 1 is 1.14 bits per heavy atom. The summed E-state index contributed by atoms with van der Waals surface area (Å²) >= 11 is 1.40. The molecule has 1 amide bonds. The first kappa shape index (κ1) is 18.2. The number of carboxylic acid groups (broad SMARTS) is 1. The van der Waals surface area contributed by atoms with Gasteiger partial charge in [0, 0.05) is 44.8 Å². The van der Waals surface area contributed by atoms with Crippen LogP contribution in [0.3, 0.4) is 0 Å². The van der Waals surface area contributed by atoms with E-state index in [1.165, 1.54) is 23.0 Å². The molecule has 8 nitrogen and oxygen atoms in total. The van der Waals surface area contributed by atoms with Crippen LogP contribution < -0.4 is 10.5 Å². The number of carbonyl (C=O) groups excluding carboxylic acids is 1. The molecule has 0 unspecified atom stereocenters. The van der Waals surface area contributed by atoms with E-state index in [4.69, 9.17) is 0 Å². The van der Waals surface area contributed by atoms with Gasteiger partial charge in [0.1, 0.15) is 11.2 Å². The quantitative estimate of drug-likeness (QED) is 0.721. The van der Waals surface area contributed by atoms with Crippen molar-refractivity contribution in [2.45, 2.75) is 0 Å². The molecular weight excluding hydrogens is 380 g/mol. The Bertz CT molecular complexity index is 1110. The number of aromatic carboxylic acids is 1. The number of piperazine rings is 1. The minimum absolute atomic E-state index is 0.0244. The minimum Gasteiger partial charge on any atom is -0.477 e. The first-order chi connectivity index (χ1) is 13.5. The predicted octanol–water partition coefficient (Wildman–Crippen LogP) is 1.66. The number of aromatic nitrogens is 2. The van der Waals surface area contributed by atoms with E-state index in [9.17, 15) is 19.5 Å². The Hall–Kier alpha value is -3.20. The van der Waals surface area contributed by atoms with E-state index >= 15 is 0 Å². The molecule has 3 aromatic heterocycles. The third-order valence-corrected chi connectivity index (χ3v) is 5.80. The third kappa shape index (κ3) is 2.93. The summed E-state index contributed by atoms with van der Waals surface area (Å²) < 4.78 is 1.26. The number of hydrogen-bond acceptors (Lipinski definition) is 6. The summed E-state index contributed by atoms with van der Waals surface area (Å²) in [5.74, 6) is -1.29. The minimum atomic E-state index is -1.27. The average Bonchev–Trinajstić information content (AvgIpc) is 3.25. The summed E-state index contributed by atoms with van der Waals surface area (Å²) in [4.78, 5) is 45.7. The van der Waals surface area contributed by atoms with Crippen molar-refractivity contribution in [2.24, 2.45) is 7.05 Å². The molecule has 144 valence electrons. The summed E-state index contributed by atoms with van der Waals surface area (Å²) in [6, 6.07) is 7.12. The molecule has 1 saturated heterocycles. The molecule has 0 spiro atoms. The summed E-state index contributed by atoms with van der Waals surface area (Å²) in [6.07, 6.45) is 1.57. The number of anilines is 1. The zero-order valence-corrected chi connectivity index (χ0v) is 16.0. The first-order valence-corrected chi connectivity index (χ1v) is 9.65. The molecule has 0 radical (unpaired) electrons. The van der Waals surface area contributed by atoms with Crippen molar-refractivity contribution in [3.05, 3.63) is 56.6 Å². The fourth-order valence-corrected chi connectivity index (χ4v) is 4.25. The molecule has 1 N–H and O–H groups in total. The molecular formula is C19H18N4O4S. The second kappa shape index (κ2) is 7.08. The highest BCUT2D eigenvalue weighted by Gasteiger charge is 2.29. The van der Waals surface area contributed by atoms with Crippen molar-refractivity contribution in [2.75, 3.05) is 31.1 Å². The van der Waals surface area contributed by atoms with Gasteiger partial charge in [-0.15, -0.1) is 11.3 Å². The highest BCUT2D eigenvalue weighted by Crippen LogP contribution is 2.29. The van der Waals surface area contributed by atoms with Crippen molar-refractivity contribution in [3.8, 4) is 0 Å². The van der Waals surface area contributed by atoms with E-state index in [2.05, 4.69) is 4.98 Å². The van der Waals surface area contributed by atoms with E-state index in [1.54, 1.807) is 29.3 Å². The van der Waals surface area contributed by atoms with Gasteiger partial charge in [-0.2, -0.15) is 0 Å². The van der Waals surface area contributed by atoms with Gasteiger partial charge in [-0.1, -0.05) is 6.07 Å². The van der Waals surface area contributed by atoms with Crippen LogP contribution in [0.5, 0.6) is 0 Å². The maximum Gasteiger partial charge on any atom is 0.343 e. The predicted molar refractivity (Wildman–Crippen MR) is 106 cm³/mol. The third-order valence-electron chi connectivity index (χ3n) is 4.94. The van der Waals surface area contributed by atoms with Gasteiger partial charge in [0.2, 0.25) is 0 Å². The van der Waals surface area contributed by atoms with Crippen LogP contribution in [0.15, 0.2) is 40.6 Å². The van der Waals surface area contributed by atoms with Gasteiger partial charge in [0.25, 0.3) is 11.5 Å². The normalized spacial score (nSPS) is 14.5. The number of thiophene rings is 1. The zero-order chi connectivity index (χ0) is 19.8. The Kier molecular flexibility index (Phi) is 4.60. The van der Waals surface area contributed by atoms with Gasteiger partial charge in [-0.05, 0) is 23.6 Å². The molecule has 0 aliphatic carbocycles. The smallest absolute Gasteiger partial charge is 0.343 e. The molecule has 0 atom stereocenters. The summed E-state index contributed by atoms with van der Waals surface area (Å²) in [5.41, 5.74) is -0.0432. The number of carboxylic acids is 1. The van der Waals surface area contributed by atoms with Gasteiger partial charge in [-0.25, -0.2) is 9.78 Å². The number of nitrogens with zero attached hydrogens (tertiary/aromatic N) is 4. The van der Waals surface area contributed by atoms with Crippen molar-refractivity contribution in [1.82, 2.24) is 14.5 Å². The molecule has 0 saturated carbocycles. The Morgan fingerprint density at radius 3 is 2.54 bits per heavy atom. The highest BCUT2D eigenvalue weighted by atomic mass is 32.1. The van der Waals surface area contributed by atoms with E-state index in [-0.39, 0.29) is 11.5 Å². The van der Waals surface area contributed by atoms with Gasteiger partial charge in [-0.3, -0.25) is 14.2 Å². The molecule has 1 aliphatic rings. The van der Waals surface area contributed by atoms with Crippen LogP contribution in [-0.2, 0) is 7.05 Å². The lowest BCUT2D eigenvalue weighted by molar-refractivity contribution is 0.0691. The van der Waals surface area contributed by atoms with Gasteiger partial charge in [0.05, 0.1) is 10.6 Å². The Labute approximate surface area is 164 Å². The number of rotatable bonds is 3. The molecule has 1 aliphatic heterocycles. The number of aryl methyl sites for hydroxylation is 1. The largest absolute Gasteiger partial charge is 0.477 e. The molecule has 9 heteroatoms. The highest BCUT2D eigenvalue weighted by molar-refractivity contribution is 7.12. The molecule has 0 aromatic carbocycles.